The lowest BCUT2D eigenvalue weighted by molar-refractivity contribution is -0.128. The van der Waals surface area contributed by atoms with Gasteiger partial charge in [-0.25, -0.2) is 0 Å². The summed E-state index contributed by atoms with van der Waals surface area (Å²) in [5, 5.41) is 3.02. The molecule has 0 heterocycles. The Labute approximate surface area is 164 Å². The normalized spacial score (nSPS) is 12.1. The van der Waals surface area contributed by atoms with Crippen molar-refractivity contribution in [2.45, 2.75) is 65.9 Å². The SMILES string of the molecule is CCC(Oc1cc(C)ccc1C)C(=O)NCCCc1ccc(C(C)C)cc1. The van der Waals surface area contributed by atoms with Crippen molar-refractivity contribution in [2.75, 3.05) is 6.54 Å². The number of rotatable bonds is 9. The summed E-state index contributed by atoms with van der Waals surface area (Å²) in [5.41, 5.74) is 4.86. The average Bonchev–Trinajstić information content (AvgIpc) is 2.66. The van der Waals surface area contributed by atoms with Crippen LogP contribution in [0, 0.1) is 13.8 Å². The monoisotopic (exact) mass is 367 g/mol. The summed E-state index contributed by atoms with van der Waals surface area (Å²) >= 11 is 0. The summed E-state index contributed by atoms with van der Waals surface area (Å²) in [4.78, 5) is 12.5. The minimum Gasteiger partial charge on any atom is -0.480 e. The molecule has 0 radical (unpaired) electrons. The number of amides is 1. The fraction of sp³-hybridized carbons (Fsp3) is 0.458. The molecular weight excluding hydrogens is 334 g/mol. The summed E-state index contributed by atoms with van der Waals surface area (Å²) in [6.07, 6.45) is 2.09. The van der Waals surface area contributed by atoms with Gasteiger partial charge in [-0.2, -0.15) is 0 Å². The van der Waals surface area contributed by atoms with Crippen molar-refractivity contribution in [3.05, 3.63) is 64.7 Å². The molecule has 1 atom stereocenters. The number of carbonyl (C=O) groups excluding carboxylic acids is 1. The van der Waals surface area contributed by atoms with Gasteiger partial charge in [0, 0.05) is 6.54 Å². The summed E-state index contributed by atoms with van der Waals surface area (Å²) in [6.45, 7) is 11.1. The fourth-order valence-electron chi connectivity index (χ4n) is 3.00. The average molecular weight is 368 g/mol. The first kappa shape index (κ1) is 21.0. The lowest BCUT2D eigenvalue weighted by Gasteiger charge is -2.19. The highest BCUT2D eigenvalue weighted by atomic mass is 16.5. The molecular formula is C24H33NO2. The molecule has 146 valence electrons. The molecule has 2 rings (SSSR count). The van der Waals surface area contributed by atoms with Crippen LogP contribution in [-0.4, -0.2) is 18.6 Å². The van der Waals surface area contributed by atoms with E-state index < -0.39 is 6.10 Å². The molecule has 3 heteroatoms. The number of carbonyl (C=O) groups is 1. The Hall–Kier alpha value is -2.29. The zero-order valence-electron chi connectivity index (χ0n) is 17.3. The molecule has 0 aliphatic rings. The summed E-state index contributed by atoms with van der Waals surface area (Å²) in [5.74, 6) is 1.32. The highest BCUT2D eigenvalue weighted by Gasteiger charge is 2.18. The first-order chi connectivity index (χ1) is 12.9. The maximum atomic E-state index is 12.5. The molecule has 1 N–H and O–H groups in total. The molecule has 1 amide bonds. The van der Waals surface area contributed by atoms with Gasteiger partial charge in [-0.05, 0) is 67.3 Å². The molecule has 0 aromatic heterocycles. The van der Waals surface area contributed by atoms with Crippen molar-refractivity contribution in [2.24, 2.45) is 0 Å². The maximum Gasteiger partial charge on any atom is 0.261 e. The lowest BCUT2D eigenvalue weighted by Crippen LogP contribution is -2.38. The van der Waals surface area contributed by atoms with Crippen LogP contribution in [0.15, 0.2) is 42.5 Å². The van der Waals surface area contributed by atoms with E-state index in [1.165, 1.54) is 11.1 Å². The molecule has 2 aromatic rings. The van der Waals surface area contributed by atoms with Gasteiger partial charge < -0.3 is 10.1 Å². The van der Waals surface area contributed by atoms with Crippen molar-refractivity contribution in [1.82, 2.24) is 5.32 Å². The third kappa shape index (κ3) is 6.42. The van der Waals surface area contributed by atoms with E-state index >= 15 is 0 Å². The molecule has 3 nitrogen and oxygen atoms in total. The largest absolute Gasteiger partial charge is 0.480 e. The highest BCUT2D eigenvalue weighted by molar-refractivity contribution is 5.81. The number of benzene rings is 2. The Morgan fingerprint density at radius 3 is 2.41 bits per heavy atom. The minimum atomic E-state index is -0.448. The van der Waals surface area contributed by atoms with Gasteiger partial charge in [-0.3, -0.25) is 4.79 Å². The number of hydrogen-bond donors (Lipinski definition) is 1. The Bertz CT molecular complexity index is 735. The quantitative estimate of drug-likeness (QED) is 0.608. The van der Waals surface area contributed by atoms with Crippen LogP contribution in [0.2, 0.25) is 0 Å². The second kappa shape index (κ2) is 10.1. The smallest absolute Gasteiger partial charge is 0.261 e. The van der Waals surface area contributed by atoms with E-state index in [1.54, 1.807) is 0 Å². The third-order valence-corrected chi connectivity index (χ3v) is 4.86. The van der Waals surface area contributed by atoms with Crippen LogP contribution in [-0.2, 0) is 11.2 Å². The molecule has 1 unspecified atom stereocenters. The Morgan fingerprint density at radius 2 is 1.78 bits per heavy atom. The first-order valence-corrected chi connectivity index (χ1v) is 10.0. The van der Waals surface area contributed by atoms with Crippen molar-refractivity contribution < 1.29 is 9.53 Å². The van der Waals surface area contributed by atoms with Crippen LogP contribution < -0.4 is 10.1 Å². The fourth-order valence-corrected chi connectivity index (χ4v) is 3.00. The van der Waals surface area contributed by atoms with E-state index in [9.17, 15) is 4.79 Å². The zero-order chi connectivity index (χ0) is 19.8. The van der Waals surface area contributed by atoms with Gasteiger partial charge in [0.15, 0.2) is 6.10 Å². The predicted molar refractivity (Wildman–Crippen MR) is 112 cm³/mol. The molecule has 0 bridgehead atoms. The van der Waals surface area contributed by atoms with E-state index in [4.69, 9.17) is 4.74 Å². The lowest BCUT2D eigenvalue weighted by atomic mass is 10.0. The topological polar surface area (TPSA) is 38.3 Å². The van der Waals surface area contributed by atoms with Crippen LogP contribution in [0.3, 0.4) is 0 Å². The molecule has 0 aliphatic carbocycles. The molecule has 0 saturated carbocycles. The number of aryl methyl sites for hydroxylation is 3. The van der Waals surface area contributed by atoms with Crippen molar-refractivity contribution in [3.63, 3.8) is 0 Å². The minimum absolute atomic E-state index is 0.0337. The summed E-state index contributed by atoms with van der Waals surface area (Å²) in [6, 6.07) is 14.8. The predicted octanol–water partition coefficient (Wildman–Crippen LogP) is 5.33. The molecule has 0 saturated heterocycles. The van der Waals surface area contributed by atoms with E-state index in [0.717, 1.165) is 29.7 Å². The van der Waals surface area contributed by atoms with Gasteiger partial charge in [0.25, 0.3) is 5.91 Å². The van der Waals surface area contributed by atoms with Crippen LogP contribution in [0.5, 0.6) is 5.75 Å². The summed E-state index contributed by atoms with van der Waals surface area (Å²) < 4.78 is 5.98. The van der Waals surface area contributed by atoms with Crippen molar-refractivity contribution >= 4 is 5.91 Å². The van der Waals surface area contributed by atoms with Crippen LogP contribution >= 0.6 is 0 Å². The number of nitrogens with one attached hydrogen (secondary N) is 1. The van der Waals surface area contributed by atoms with Gasteiger partial charge >= 0.3 is 0 Å². The highest BCUT2D eigenvalue weighted by Crippen LogP contribution is 2.21. The van der Waals surface area contributed by atoms with Crippen molar-refractivity contribution in [3.8, 4) is 5.75 Å². The van der Waals surface area contributed by atoms with Crippen LogP contribution in [0.25, 0.3) is 0 Å². The van der Waals surface area contributed by atoms with E-state index in [2.05, 4.69) is 49.5 Å². The molecule has 27 heavy (non-hydrogen) atoms. The molecule has 0 aliphatic heterocycles. The van der Waals surface area contributed by atoms with Gasteiger partial charge in [-0.15, -0.1) is 0 Å². The van der Waals surface area contributed by atoms with Crippen LogP contribution in [0.1, 0.15) is 61.8 Å². The summed E-state index contributed by atoms with van der Waals surface area (Å²) in [7, 11) is 0. The van der Waals surface area contributed by atoms with Gasteiger partial charge in [0.1, 0.15) is 5.75 Å². The molecule has 0 fully saturated rings. The van der Waals surface area contributed by atoms with E-state index in [1.807, 2.05) is 32.9 Å². The van der Waals surface area contributed by atoms with Gasteiger partial charge in [0.2, 0.25) is 0 Å². The Balaban J connectivity index is 1.80. The molecule has 0 spiro atoms. The van der Waals surface area contributed by atoms with Crippen LogP contribution in [0.4, 0.5) is 0 Å². The third-order valence-electron chi connectivity index (χ3n) is 4.86. The standard InChI is InChI=1S/C24H33NO2/c1-6-22(27-23-16-18(4)9-10-19(23)5)24(26)25-15-7-8-20-11-13-21(14-12-20)17(2)3/h9-14,16-17,22H,6-8,15H2,1-5H3,(H,25,26). The number of hydrogen-bond acceptors (Lipinski definition) is 2. The van der Waals surface area contributed by atoms with Gasteiger partial charge in [0.05, 0.1) is 0 Å². The molecule has 2 aromatic carbocycles. The Kier molecular flexibility index (Phi) is 7.90. The number of ether oxygens (including phenoxy) is 1. The van der Waals surface area contributed by atoms with E-state index in [0.29, 0.717) is 18.9 Å². The van der Waals surface area contributed by atoms with Gasteiger partial charge in [-0.1, -0.05) is 57.2 Å². The zero-order valence-corrected chi connectivity index (χ0v) is 17.3. The van der Waals surface area contributed by atoms with Crippen molar-refractivity contribution in [1.29, 1.82) is 0 Å². The maximum absolute atomic E-state index is 12.5. The second-order valence-electron chi connectivity index (χ2n) is 7.57. The second-order valence-corrected chi connectivity index (χ2v) is 7.57. The Morgan fingerprint density at radius 1 is 1.07 bits per heavy atom. The first-order valence-electron chi connectivity index (χ1n) is 10.0. The van der Waals surface area contributed by atoms with E-state index in [-0.39, 0.29) is 5.91 Å².